The highest BCUT2D eigenvalue weighted by Gasteiger charge is 2.31. The van der Waals surface area contributed by atoms with Crippen LogP contribution in [0, 0.1) is 11.8 Å². The van der Waals surface area contributed by atoms with E-state index in [0.717, 1.165) is 18.4 Å². The lowest BCUT2D eigenvalue weighted by molar-refractivity contribution is 0.227. The molecule has 21 heavy (non-hydrogen) atoms. The summed E-state index contributed by atoms with van der Waals surface area (Å²) in [6, 6.07) is 7.24. The second-order valence-electron chi connectivity index (χ2n) is 6.13. The molecular weight excluding hydrogens is 284 g/mol. The van der Waals surface area contributed by atoms with Gasteiger partial charge >= 0.3 is 0 Å². The molecule has 0 amide bonds. The molecule has 1 aromatic carbocycles. The number of nitrogens with one attached hydrogen (secondary N) is 2. The van der Waals surface area contributed by atoms with E-state index in [4.69, 9.17) is 0 Å². The fourth-order valence-corrected chi connectivity index (χ4v) is 4.71. The van der Waals surface area contributed by atoms with Gasteiger partial charge in [0.1, 0.15) is 0 Å². The molecule has 1 aliphatic carbocycles. The number of sulfonamides is 1. The van der Waals surface area contributed by atoms with Crippen LogP contribution in [0.1, 0.15) is 38.7 Å². The van der Waals surface area contributed by atoms with Crippen molar-refractivity contribution in [1.29, 1.82) is 0 Å². The van der Waals surface area contributed by atoms with Gasteiger partial charge in [0.15, 0.2) is 0 Å². The van der Waals surface area contributed by atoms with Crippen molar-refractivity contribution < 1.29 is 8.42 Å². The van der Waals surface area contributed by atoms with Crippen molar-refractivity contribution in [2.24, 2.45) is 11.8 Å². The van der Waals surface area contributed by atoms with Gasteiger partial charge in [-0.3, -0.25) is 0 Å². The average molecular weight is 310 g/mol. The lowest BCUT2D eigenvalue weighted by Crippen LogP contribution is -2.43. The number of hydrogen-bond donors (Lipinski definition) is 2. The highest BCUT2D eigenvalue weighted by Crippen LogP contribution is 2.30. The monoisotopic (exact) mass is 310 g/mol. The molecule has 0 spiro atoms. The van der Waals surface area contributed by atoms with Gasteiger partial charge in [-0.15, -0.1) is 0 Å². The fourth-order valence-electron chi connectivity index (χ4n) is 3.11. The molecule has 3 unspecified atom stereocenters. The van der Waals surface area contributed by atoms with Gasteiger partial charge in [-0.05, 0) is 36.9 Å². The molecule has 3 atom stereocenters. The maximum atomic E-state index is 12.7. The van der Waals surface area contributed by atoms with E-state index in [2.05, 4.69) is 23.9 Å². The van der Waals surface area contributed by atoms with Crippen LogP contribution in [0.3, 0.4) is 0 Å². The van der Waals surface area contributed by atoms with Crippen molar-refractivity contribution in [1.82, 2.24) is 10.0 Å². The Morgan fingerprint density at radius 3 is 2.62 bits per heavy atom. The van der Waals surface area contributed by atoms with Crippen LogP contribution >= 0.6 is 0 Å². The molecule has 118 valence electrons. The minimum absolute atomic E-state index is 0.0430. The zero-order valence-electron chi connectivity index (χ0n) is 13.1. The van der Waals surface area contributed by atoms with Gasteiger partial charge < -0.3 is 5.32 Å². The van der Waals surface area contributed by atoms with Gasteiger partial charge in [0.25, 0.3) is 0 Å². The summed E-state index contributed by atoms with van der Waals surface area (Å²) in [6.07, 6.45) is 3.21. The second kappa shape index (κ2) is 6.90. The first-order valence-corrected chi connectivity index (χ1v) is 9.19. The van der Waals surface area contributed by atoms with Crippen molar-refractivity contribution in [3.05, 3.63) is 29.8 Å². The summed E-state index contributed by atoms with van der Waals surface area (Å²) in [5, 5.41) is 3.02. The standard InChI is InChI=1S/C16H26N2O2S/c1-12-7-6-9-15(13(12)2)18-21(19,20)16-10-5-4-8-14(16)11-17-3/h4-5,8,10,12-13,15,17-18H,6-7,9,11H2,1-3H3. The lowest BCUT2D eigenvalue weighted by atomic mass is 9.78. The van der Waals surface area contributed by atoms with E-state index in [0.29, 0.717) is 23.3 Å². The highest BCUT2D eigenvalue weighted by molar-refractivity contribution is 7.89. The predicted octanol–water partition coefficient (Wildman–Crippen LogP) is 2.51. The SMILES string of the molecule is CNCc1ccccc1S(=O)(=O)NC1CCCC(C)C1C. The number of rotatable bonds is 5. The van der Waals surface area contributed by atoms with Crippen LogP contribution in [0.15, 0.2) is 29.2 Å². The van der Waals surface area contributed by atoms with E-state index in [-0.39, 0.29) is 6.04 Å². The van der Waals surface area contributed by atoms with E-state index < -0.39 is 10.0 Å². The number of benzene rings is 1. The zero-order chi connectivity index (χ0) is 15.5. The normalized spacial score (nSPS) is 26.7. The third kappa shape index (κ3) is 3.84. The van der Waals surface area contributed by atoms with Crippen LogP contribution in [-0.2, 0) is 16.6 Å². The van der Waals surface area contributed by atoms with Crippen LogP contribution in [-0.4, -0.2) is 21.5 Å². The predicted molar refractivity (Wildman–Crippen MR) is 85.5 cm³/mol. The van der Waals surface area contributed by atoms with Crippen molar-refractivity contribution in [2.45, 2.75) is 50.6 Å². The molecular formula is C16H26N2O2S. The average Bonchev–Trinajstić information content (AvgIpc) is 2.44. The summed E-state index contributed by atoms with van der Waals surface area (Å²) in [7, 11) is -1.64. The third-order valence-corrected chi connectivity index (χ3v) is 6.23. The fraction of sp³-hybridized carbons (Fsp3) is 0.625. The minimum Gasteiger partial charge on any atom is -0.316 e. The van der Waals surface area contributed by atoms with Crippen molar-refractivity contribution in [2.75, 3.05) is 7.05 Å². The molecule has 2 N–H and O–H groups in total. The maximum absolute atomic E-state index is 12.7. The van der Waals surface area contributed by atoms with Crippen LogP contribution in [0.25, 0.3) is 0 Å². The maximum Gasteiger partial charge on any atom is 0.241 e. The third-order valence-electron chi connectivity index (χ3n) is 4.64. The molecule has 1 saturated carbocycles. The Kier molecular flexibility index (Phi) is 5.41. The highest BCUT2D eigenvalue weighted by atomic mass is 32.2. The first-order valence-electron chi connectivity index (χ1n) is 7.70. The Labute approximate surface area is 128 Å². The largest absolute Gasteiger partial charge is 0.316 e. The van der Waals surface area contributed by atoms with Crippen LogP contribution < -0.4 is 10.0 Å². The Hall–Kier alpha value is -0.910. The number of hydrogen-bond acceptors (Lipinski definition) is 3. The van der Waals surface area contributed by atoms with Crippen LogP contribution in [0.2, 0.25) is 0 Å². The molecule has 0 aromatic heterocycles. The van der Waals surface area contributed by atoms with E-state index in [1.54, 1.807) is 12.1 Å². The molecule has 0 heterocycles. The minimum atomic E-state index is -3.46. The summed E-state index contributed by atoms with van der Waals surface area (Å²) < 4.78 is 28.4. The topological polar surface area (TPSA) is 58.2 Å². The summed E-state index contributed by atoms with van der Waals surface area (Å²) >= 11 is 0. The van der Waals surface area contributed by atoms with Gasteiger partial charge in [-0.1, -0.05) is 44.9 Å². The lowest BCUT2D eigenvalue weighted by Gasteiger charge is -2.34. The van der Waals surface area contributed by atoms with E-state index in [9.17, 15) is 8.42 Å². The summed E-state index contributed by atoms with van der Waals surface area (Å²) in [5.41, 5.74) is 0.809. The van der Waals surface area contributed by atoms with Crippen molar-refractivity contribution in [3.63, 3.8) is 0 Å². The molecule has 5 heteroatoms. The second-order valence-corrected chi connectivity index (χ2v) is 7.82. The molecule has 0 bridgehead atoms. The van der Waals surface area contributed by atoms with Crippen LogP contribution in [0.4, 0.5) is 0 Å². The first kappa shape index (κ1) is 16.5. The van der Waals surface area contributed by atoms with Crippen molar-refractivity contribution >= 4 is 10.0 Å². The summed E-state index contributed by atoms with van der Waals surface area (Å²) in [5.74, 6) is 0.948. The first-order chi connectivity index (χ1) is 9.95. The van der Waals surface area contributed by atoms with Crippen molar-refractivity contribution in [3.8, 4) is 0 Å². The van der Waals surface area contributed by atoms with Crippen LogP contribution in [0.5, 0.6) is 0 Å². The Balaban J connectivity index is 2.22. The van der Waals surface area contributed by atoms with E-state index in [1.807, 2.05) is 19.2 Å². The van der Waals surface area contributed by atoms with Gasteiger partial charge in [-0.25, -0.2) is 13.1 Å². The molecule has 0 saturated heterocycles. The molecule has 4 nitrogen and oxygen atoms in total. The zero-order valence-corrected chi connectivity index (χ0v) is 13.9. The Morgan fingerprint density at radius 1 is 1.19 bits per heavy atom. The molecule has 1 fully saturated rings. The van der Waals surface area contributed by atoms with E-state index >= 15 is 0 Å². The van der Waals surface area contributed by atoms with Gasteiger partial charge in [0.2, 0.25) is 10.0 Å². The van der Waals surface area contributed by atoms with Gasteiger partial charge in [-0.2, -0.15) is 0 Å². The molecule has 0 aliphatic heterocycles. The van der Waals surface area contributed by atoms with Gasteiger partial charge in [0, 0.05) is 12.6 Å². The quantitative estimate of drug-likeness (QED) is 0.878. The summed E-state index contributed by atoms with van der Waals surface area (Å²) in [4.78, 5) is 0.393. The van der Waals surface area contributed by atoms with E-state index in [1.165, 1.54) is 6.42 Å². The molecule has 1 aromatic rings. The molecule has 1 aliphatic rings. The smallest absolute Gasteiger partial charge is 0.241 e. The Morgan fingerprint density at radius 2 is 1.90 bits per heavy atom. The van der Waals surface area contributed by atoms with Gasteiger partial charge in [0.05, 0.1) is 4.90 Å². The molecule has 0 radical (unpaired) electrons. The Bertz CT molecular complexity index is 571. The molecule has 2 rings (SSSR count). The summed E-state index contributed by atoms with van der Waals surface area (Å²) in [6.45, 7) is 4.91.